The van der Waals surface area contributed by atoms with Crippen molar-refractivity contribution in [3.8, 4) is 0 Å². The Morgan fingerprint density at radius 2 is 1.30 bits per heavy atom. The molecule has 0 bridgehead atoms. The van der Waals surface area contributed by atoms with E-state index in [1.54, 1.807) is 0 Å². The highest BCUT2D eigenvalue weighted by Crippen LogP contribution is 2.31. The van der Waals surface area contributed by atoms with Crippen molar-refractivity contribution in [3.05, 3.63) is 75.7 Å². The largest absolute Gasteiger partial charge is 0.416 e. The van der Waals surface area contributed by atoms with Gasteiger partial charge in [0.25, 0.3) is 5.91 Å². The third kappa shape index (κ3) is 5.50. The van der Waals surface area contributed by atoms with Gasteiger partial charge in [0.1, 0.15) is 0 Å². The zero-order chi connectivity index (χ0) is 21.9. The Bertz CT molecular complexity index is 1020. The standard InChI is InChI=1S/C19H11F6N3OS/c20-18(21,22)13-5-1-11(2-6-13)9-15-16(29)27-17(30-15)28-26-10-12-3-7-14(8-4-12)19(23,24)25/h1-10H,(H,27,28,29). The van der Waals surface area contributed by atoms with Gasteiger partial charge >= 0.3 is 12.4 Å². The highest BCUT2D eigenvalue weighted by atomic mass is 32.2. The van der Waals surface area contributed by atoms with Crippen molar-refractivity contribution >= 4 is 35.1 Å². The van der Waals surface area contributed by atoms with Crippen LogP contribution in [0.4, 0.5) is 26.3 Å². The fourth-order valence-corrected chi connectivity index (χ4v) is 3.08. The van der Waals surface area contributed by atoms with Crippen LogP contribution in [0, 0.1) is 0 Å². The average Bonchev–Trinajstić information content (AvgIpc) is 3.00. The van der Waals surface area contributed by atoms with E-state index < -0.39 is 29.4 Å². The number of benzene rings is 2. The summed E-state index contributed by atoms with van der Waals surface area (Å²) in [6, 6.07) is 8.56. The number of nitrogens with one attached hydrogen (secondary N) is 1. The van der Waals surface area contributed by atoms with Gasteiger partial charge in [0.2, 0.25) is 0 Å². The van der Waals surface area contributed by atoms with Crippen LogP contribution >= 0.6 is 11.8 Å². The summed E-state index contributed by atoms with van der Waals surface area (Å²) in [5.41, 5.74) is -0.812. The first-order chi connectivity index (χ1) is 14.0. The molecule has 11 heteroatoms. The second-order valence-electron chi connectivity index (χ2n) is 5.95. The number of alkyl halides is 6. The number of hydrogen-bond donors (Lipinski definition) is 1. The number of thioether (sulfide) groups is 1. The van der Waals surface area contributed by atoms with Crippen molar-refractivity contribution in [1.82, 2.24) is 5.32 Å². The molecule has 1 amide bonds. The molecule has 156 valence electrons. The summed E-state index contributed by atoms with van der Waals surface area (Å²) in [6.07, 6.45) is -6.26. The van der Waals surface area contributed by atoms with Gasteiger partial charge in [-0.1, -0.05) is 24.3 Å². The maximum Gasteiger partial charge on any atom is 0.416 e. The summed E-state index contributed by atoms with van der Waals surface area (Å²) >= 11 is 0.930. The molecule has 3 rings (SSSR count). The average molecular weight is 443 g/mol. The van der Waals surface area contributed by atoms with Crippen molar-refractivity contribution in [2.45, 2.75) is 12.4 Å². The lowest BCUT2D eigenvalue weighted by molar-refractivity contribution is -0.138. The number of amides is 1. The van der Waals surface area contributed by atoms with Crippen LogP contribution in [0.1, 0.15) is 22.3 Å². The summed E-state index contributed by atoms with van der Waals surface area (Å²) in [5, 5.41) is 10.1. The Morgan fingerprint density at radius 3 is 1.80 bits per heavy atom. The van der Waals surface area contributed by atoms with E-state index in [1.807, 2.05) is 0 Å². The fourth-order valence-electron chi connectivity index (χ4n) is 2.30. The molecule has 1 saturated heterocycles. The first-order valence-electron chi connectivity index (χ1n) is 8.19. The van der Waals surface area contributed by atoms with Crippen molar-refractivity contribution in [3.63, 3.8) is 0 Å². The van der Waals surface area contributed by atoms with Gasteiger partial charge in [-0.15, -0.1) is 5.10 Å². The van der Waals surface area contributed by atoms with E-state index in [0.717, 1.165) is 36.0 Å². The molecule has 0 radical (unpaired) electrons. The Labute approximate surface area is 170 Å². The number of nitrogens with zero attached hydrogens (tertiary/aromatic N) is 2. The van der Waals surface area contributed by atoms with Gasteiger partial charge in [0.15, 0.2) is 5.17 Å². The lowest BCUT2D eigenvalue weighted by Gasteiger charge is -2.06. The lowest BCUT2D eigenvalue weighted by atomic mass is 10.1. The molecule has 1 aliphatic rings. The highest BCUT2D eigenvalue weighted by Gasteiger charge is 2.30. The smallest absolute Gasteiger partial charge is 0.299 e. The van der Waals surface area contributed by atoms with Crippen LogP contribution in [-0.4, -0.2) is 17.3 Å². The van der Waals surface area contributed by atoms with Crippen LogP contribution in [0.15, 0.2) is 63.6 Å². The van der Waals surface area contributed by atoms with Crippen LogP contribution in [-0.2, 0) is 17.1 Å². The molecule has 0 aliphatic carbocycles. The third-order valence-electron chi connectivity index (χ3n) is 3.78. The topological polar surface area (TPSA) is 53.8 Å². The van der Waals surface area contributed by atoms with Crippen LogP contribution in [0.5, 0.6) is 0 Å². The van der Waals surface area contributed by atoms with E-state index in [9.17, 15) is 31.1 Å². The Kier molecular flexibility index (Phi) is 6.01. The minimum absolute atomic E-state index is 0.126. The molecular formula is C19H11F6N3OS. The molecule has 2 aromatic carbocycles. The summed E-state index contributed by atoms with van der Waals surface area (Å²) < 4.78 is 75.3. The zero-order valence-corrected chi connectivity index (χ0v) is 15.6. The quantitative estimate of drug-likeness (QED) is 0.302. The monoisotopic (exact) mass is 443 g/mol. The van der Waals surface area contributed by atoms with Crippen LogP contribution in [0.25, 0.3) is 6.08 Å². The molecule has 0 aromatic heterocycles. The van der Waals surface area contributed by atoms with E-state index in [2.05, 4.69) is 15.5 Å². The van der Waals surface area contributed by atoms with Gasteiger partial charge in [-0.05, 0) is 53.2 Å². The molecular weight excluding hydrogens is 432 g/mol. The first-order valence-corrected chi connectivity index (χ1v) is 9.00. The first kappa shape index (κ1) is 21.6. The third-order valence-corrected chi connectivity index (χ3v) is 4.68. The molecule has 0 unspecified atom stereocenters. The van der Waals surface area contributed by atoms with Gasteiger partial charge in [0, 0.05) is 0 Å². The highest BCUT2D eigenvalue weighted by molar-refractivity contribution is 8.18. The molecule has 30 heavy (non-hydrogen) atoms. The molecule has 1 heterocycles. The van der Waals surface area contributed by atoms with E-state index in [1.165, 1.54) is 36.6 Å². The van der Waals surface area contributed by atoms with Crippen LogP contribution < -0.4 is 5.32 Å². The SMILES string of the molecule is O=C1NC(=NN=Cc2ccc(C(F)(F)F)cc2)SC1=Cc1ccc(C(F)(F)F)cc1. The van der Waals surface area contributed by atoms with E-state index in [4.69, 9.17) is 0 Å². The maximum absolute atomic E-state index is 12.6. The van der Waals surface area contributed by atoms with Gasteiger partial charge in [-0.25, -0.2) is 0 Å². The molecule has 4 nitrogen and oxygen atoms in total. The second-order valence-corrected chi connectivity index (χ2v) is 6.98. The van der Waals surface area contributed by atoms with Crippen LogP contribution in [0.3, 0.4) is 0 Å². The predicted octanol–water partition coefficient (Wildman–Crippen LogP) is 5.32. The Morgan fingerprint density at radius 1 is 0.800 bits per heavy atom. The van der Waals surface area contributed by atoms with Gasteiger partial charge in [0.05, 0.1) is 22.2 Å². The summed E-state index contributed by atoms with van der Waals surface area (Å²) in [5.74, 6) is -0.497. The Balaban J connectivity index is 1.67. The van der Waals surface area contributed by atoms with E-state index in [0.29, 0.717) is 11.1 Å². The van der Waals surface area contributed by atoms with Gasteiger partial charge in [-0.3, -0.25) is 10.1 Å². The minimum atomic E-state index is -4.45. The summed E-state index contributed by atoms with van der Waals surface area (Å²) in [6.45, 7) is 0. The van der Waals surface area contributed by atoms with Crippen molar-refractivity contribution in [2.24, 2.45) is 10.2 Å². The number of rotatable bonds is 3. The molecule has 1 fully saturated rings. The maximum atomic E-state index is 12.6. The number of amidine groups is 1. The molecule has 1 N–H and O–H groups in total. The summed E-state index contributed by atoms with van der Waals surface area (Å²) in [7, 11) is 0. The minimum Gasteiger partial charge on any atom is -0.299 e. The van der Waals surface area contributed by atoms with Gasteiger partial charge < -0.3 is 0 Å². The normalized spacial score (nSPS) is 17.9. The number of carbonyl (C=O) groups is 1. The molecule has 2 aromatic rings. The van der Waals surface area contributed by atoms with Crippen molar-refractivity contribution < 1.29 is 31.1 Å². The zero-order valence-electron chi connectivity index (χ0n) is 14.8. The Hall–Kier alpha value is -3.08. The molecule has 0 spiro atoms. The van der Waals surface area contributed by atoms with Crippen molar-refractivity contribution in [1.29, 1.82) is 0 Å². The fraction of sp³-hybridized carbons (Fsp3) is 0.105. The number of halogens is 6. The number of carbonyl (C=O) groups excluding carboxylic acids is 1. The lowest BCUT2D eigenvalue weighted by Crippen LogP contribution is -2.19. The van der Waals surface area contributed by atoms with E-state index in [-0.39, 0.29) is 10.1 Å². The molecule has 0 atom stereocenters. The van der Waals surface area contributed by atoms with Gasteiger partial charge in [-0.2, -0.15) is 31.4 Å². The van der Waals surface area contributed by atoms with E-state index >= 15 is 0 Å². The molecule has 1 aliphatic heterocycles. The molecule has 0 saturated carbocycles. The summed E-state index contributed by atoms with van der Waals surface area (Å²) in [4.78, 5) is 12.2. The number of hydrogen-bond acceptors (Lipinski definition) is 4. The second kappa shape index (κ2) is 8.34. The predicted molar refractivity (Wildman–Crippen MR) is 102 cm³/mol. The van der Waals surface area contributed by atoms with Crippen molar-refractivity contribution in [2.75, 3.05) is 0 Å². The van der Waals surface area contributed by atoms with Crippen LogP contribution in [0.2, 0.25) is 0 Å².